The van der Waals surface area contributed by atoms with E-state index in [1.54, 1.807) is 17.0 Å². The van der Waals surface area contributed by atoms with Crippen LogP contribution in [-0.4, -0.2) is 46.9 Å². The zero-order chi connectivity index (χ0) is 24.4. The molecule has 2 N–H and O–H groups in total. The van der Waals surface area contributed by atoms with Crippen LogP contribution in [0.1, 0.15) is 48.0 Å². The van der Waals surface area contributed by atoms with Crippen LogP contribution in [0.25, 0.3) is 10.8 Å². The number of rotatable bonds is 5. The Morgan fingerprint density at radius 1 is 0.971 bits per heavy atom. The Morgan fingerprint density at radius 2 is 1.83 bits per heavy atom. The van der Waals surface area contributed by atoms with Crippen LogP contribution in [0.3, 0.4) is 0 Å². The maximum absolute atomic E-state index is 13.3. The number of carbonyl (C=O) groups excluding carboxylic acids is 3. The number of hydrogen-bond donors (Lipinski definition) is 2. The summed E-state index contributed by atoms with van der Waals surface area (Å²) in [5.41, 5.74) is 1.96. The van der Waals surface area contributed by atoms with Crippen LogP contribution in [0.5, 0.6) is 5.75 Å². The molecule has 7 heteroatoms. The standard InChI is InChI=1S/C28H29N3O4/c32-25-12-3-4-15-30(25)21-9-5-7-19(17-21)18-29-27(34)24-11-6-16-31(24)28(35)23-14-13-20-8-1-2-10-22(20)26(23)33/h1-2,5,7-10,13-14,17,24,33H,3-4,6,11-12,15-16,18H2,(H,29,34). The molecule has 3 aromatic carbocycles. The van der Waals surface area contributed by atoms with Crippen molar-refractivity contribution in [2.45, 2.75) is 44.7 Å². The minimum atomic E-state index is -0.583. The van der Waals surface area contributed by atoms with Gasteiger partial charge in [0, 0.05) is 37.1 Å². The van der Waals surface area contributed by atoms with Gasteiger partial charge in [-0.05, 0) is 54.8 Å². The molecule has 5 rings (SSSR count). The highest BCUT2D eigenvalue weighted by Gasteiger charge is 2.35. The number of hydrogen-bond acceptors (Lipinski definition) is 4. The van der Waals surface area contributed by atoms with Gasteiger partial charge in [-0.15, -0.1) is 0 Å². The molecule has 0 saturated carbocycles. The first-order valence-corrected chi connectivity index (χ1v) is 12.2. The lowest BCUT2D eigenvalue weighted by Crippen LogP contribution is -2.45. The normalized spacial score (nSPS) is 18.2. The fourth-order valence-electron chi connectivity index (χ4n) is 5.08. The molecule has 1 atom stereocenters. The lowest BCUT2D eigenvalue weighted by molar-refractivity contribution is -0.125. The van der Waals surface area contributed by atoms with Crippen molar-refractivity contribution in [1.82, 2.24) is 10.2 Å². The molecule has 180 valence electrons. The van der Waals surface area contributed by atoms with Crippen molar-refractivity contribution in [3.8, 4) is 5.75 Å². The smallest absolute Gasteiger partial charge is 0.258 e. The molecule has 3 amide bonds. The summed E-state index contributed by atoms with van der Waals surface area (Å²) in [5, 5.41) is 15.2. The molecule has 1 unspecified atom stereocenters. The first kappa shape index (κ1) is 22.9. The van der Waals surface area contributed by atoms with E-state index in [-0.39, 0.29) is 29.0 Å². The number of amides is 3. The largest absolute Gasteiger partial charge is 0.506 e. The van der Waals surface area contributed by atoms with Gasteiger partial charge < -0.3 is 20.2 Å². The predicted molar refractivity (Wildman–Crippen MR) is 134 cm³/mol. The van der Waals surface area contributed by atoms with Crippen molar-refractivity contribution >= 4 is 34.2 Å². The summed E-state index contributed by atoms with van der Waals surface area (Å²) in [5.74, 6) is -0.468. The van der Waals surface area contributed by atoms with Crippen molar-refractivity contribution in [3.05, 3.63) is 71.8 Å². The van der Waals surface area contributed by atoms with Crippen LogP contribution < -0.4 is 10.2 Å². The summed E-state index contributed by atoms with van der Waals surface area (Å²) < 4.78 is 0. The summed E-state index contributed by atoms with van der Waals surface area (Å²) in [7, 11) is 0. The van der Waals surface area contributed by atoms with E-state index in [1.165, 1.54) is 0 Å². The summed E-state index contributed by atoms with van der Waals surface area (Å²) in [6.45, 7) is 1.50. The van der Waals surface area contributed by atoms with Crippen LogP contribution in [0.4, 0.5) is 5.69 Å². The van der Waals surface area contributed by atoms with Crippen molar-refractivity contribution < 1.29 is 19.5 Å². The average molecular weight is 472 g/mol. The number of nitrogens with zero attached hydrogens (tertiary/aromatic N) is 2. The molecule has 0 spiro atoms. The number of likely N-dealkylation sites (tertiary alicyclic amines) is 1. The second-order valence-electron chi connectivity index (χ2n) is 9.23. The maximum atomic E-state index is 13.3. The second-order valence-corrected chi connectivity index (χ2v) is 9.23. The van der Waals surface area contributed by atoms with Crippen LogP contribution in [0, 0.1) is 0 Å². The first-order chi connectivity index (χ1) is 17.0. The van der Waals surface area contributed by atoms with Gasteiger partial charge in [-0.1, -0.05) is 42.5 Å². The van der Waals surface area contributed by atoms with Gasteiger partial charge >= 0.3 is 0 Å². The molecular formula is C28H29N3O4. The highest BCUT2D eigenvalue weighted by atomic mass is 16.3. The molecule has 0 aliphatic carbocycles. The fraction of sp³-hybridized carbons (Fsp3) is 0.321. The van der Waals surface area contributed by atoms with Gasteiger partial charge in [-0.3, -0.25) is 14.4 Å². The molecule has 2 aliphatic rings. The van der Waals surface area contributed by atoms with E-state index < -0.39 is 6.04 Å². The SMILES string of the molecule is O=C(NCc1cccc(N2CCCCC2=O)c1)C1CCCN1C(=O)c1ccc2ccccc2c1O. The molecule has 2 fully saturated rings. The van der Waals surface area contributed by atoms with Crippen molar-refractivity contribution in [2.24, 2.45) is 0 Å². The van der Waals surface area contributed by atoms with Crippen LogP contribution in [0.15, 0.2) is 60.7 Å². The molecule has 0 radical (unpaired) electrons. The molecule has 7 nitrogen and oxygen atoms in total. The number of nitrogens with one attached hydrogen (secondary N) is 1. The number of phenols is 1. The van der Waals surface area contributed by atoms with Crippen LogP contribution in [-0.2, 0) is 16.1 Å². The molecule has 2 heterocycles. The average Bonchev–Trinajstić information content (AvgIpc) is 3.38. The Morgan fingerprint density at radius 3 is 2.69 bits per heavy atom. The fourth-order valence-corrected chi connectivity index (χ4v) is 5.08. The highest BCUT2D eigenvalue weighted by Crippen LogP contribution is 2.31. The minimum Gasteiger partial charge on any atom is -0.506 e. The highest BCUT2D eigenvalue weighted by molar-refractivity contribution is 6.05. The Labute approximate surface area is 204 Å². The van der Waals surface area contributed by atoms with Crippen molar-refractivity contribution in [1.29, 1.82) is 0 Å². The number of aromatic hydroxyl groups is 1. The van der Waals surface area contributed by atoms with Gasteiger partial charge in [-0.2, -0.15) is 0 Å². The lowest BCUT2D eigenvalue weighted by Gasteiger charge is -2.27. The number of benzene rings is 3. The van der Waals surface area contributed by atoms with E-state index in [1.807, 2.05) is 53.4 Å². The molecule has 2 aliphatic heterocycles. The van der Waals surface area contributed by atoms with Crippen LogP contribution >= 0.6 is 0 Å². The number of carbonyl (C=O) groups is 3. The van der Waals surface area contributed by atoms with E-state index in [9.17, 15) is 19.5 Å². The molecule has 3 aromatic rings. The van der Waals surface area contributed by atoms with E-state index in [2.05, 4.69) is 5.32 Å². The molecule has 2 saturated heterocycles. The lowest BCUT2D eigenvalue weighted by atomic mass is 10.0. The number of piperidine rings is 1. The Kier molecular flexibility index (Phi) is 6.40. The van der Waals surface area contributed by atoms with Gasteiger partial charge in [0.25, 0.3) is 5.91 Å². The topological polar surface area (TPSA) is 90.0 Å². The molecule has 0 bridgehead atoms. The summed E-state index contributed by atoms with van der Waals surface area (Å²) in [6.07, 6.45) is 3.79. The first-order valence-electron chi connectivity index (χ1n) is 12.2. The summed E-state index contributed by atoms with van der Waals surface area (Å²) >= 11 is 0. The number of anilines is 1. The van der Waals surface area contributed by atoms with E-state index >= 15 is 0 Å². The maximum Gasteiger partial charge on any atom is 0.258 e. The summed E-state index contributed by atoms with van der Waals surface area (Å²) in [6, 6.07) is 17.9. The Balaban J connectivity index is 1.27. The predicted octanol–water partition coefficient (Wildman–Crippen LogP) is 3.98. The van der Waals surface area contributed by atoms with Gasteiger partial charge in [-0.25, -0.2) is 0 Å². The van der Waals surface area contributed by atoms with E-state index in [4.69, 9.17) is 0 Å². The molecule has 35 heavy (non-hydrogen) atoms. The van der Waals surface area contributed by atoms with Gasteiger partial charge in [0.05, 0.1) is 5.56 Å². The van der Waals surface area contributed by atoms with E-state index in [0.29, 0.717) is 31.3 Å². The third-order valence-corrected chi connectivity index (χ3v) is 6.96. The Bertz CT molecular complexity index is 1290. The summed E-state index contributed by atoms with van der Waals surface area (Å²) in [4.78, 5) is 42.0. The monoisotopic (exact) mass is 471 g/mol. The van der Waals surface area contributed by atoms with Crippen LogP contribution in [0.2, 0.25) is 0 Å². The second kappa shape index (κ2) is 9.78. The van der Waals surface area contributed by atoms with Gasteiger partial charge in [0.2, 0.25) is 11.8 Å². The minimum absolute atomic E-state index is 0.0526. The zero-order valence-corrected chi connectivity index (χ0v) is 19.6. The van der Waals surface area contributed by atoms with Crippen molar-refractivity contribution in [2.75, 3.05) is 18.0 Å². The third-order valence-electron chi connectivity index (χ3n) is 6.96. The zero-order valence-electron chi connectivity index (χ0n) is 19.6. The van der Waals surface area contributed by atoms with Gasteiger partial charge in [0.15, 0.2) is 0 Å². The third kappa shape index (κ3) is 4.58. The number of fused-ring (bicyclic) bond motifs is 1. The molecule has 0 aromatic heterocycles. The van der Waals surface area contributed by atoms with Crippen molar-refractivity contribution in [3.63, 3.8) is 0 Å². The van der Waals surface area contributed by atoms with E-state index in [0.717, 1.165) is 42.4 Å². The Hall–Kier alpha value is -3.87. The quantitative estimate of drug-likeness (QED) is 0.589. The van der Waals surface area contributed by atoms with Gasteiger partial charge in [0.1, 0.15) is 11.8 Å². The number of phenolic OH excluding ortho intramolecular Hbond substituents is 1. The molecular weight excluding hydrogens is 442 g/mol.